The van der Waals surface area contributed by atoms with Gasteiger partial charge in [-0.3, -0.25) is 0 Å². The molecule has 1 heterocycles. The van der Waals surface area contributed by atoms with Crippen molar-refractivity contribution >= 4 is 0 Å². The molecular formula is C17H25NO. The second-order valence-corrected chi connectivity index (χ2v) is 5.91. The van der Waals surface area contributed by atoms with Crippen LogP contribution in [-0.4, -0.2) is 19.3 Å². The molecule has 2 heteroatoms. The smallest absolute Gasteiger partial charge is 0.0587 e. The number of hydrogen-bond donors (Lipinski definition) is 1. The van der Waals surface area contributed by atoms with Crippen LogP contribution in [0, 0.1) is 0 Å². The van der Waals surface area contributed by atoms with Crippen molar-refractivity contribution in [1.29, 1.82) is 0 Å². The standard InChI is InChI=1S/C17H25NO/c1-2-11-19-17(6-1)9-10-18-13-14-7-8-15-4-3-5-16(15)12-14/h7-8,12,17-18H,1-6,9-11,13H2. The quantitative estimate of drug-likeness (QED) is 0.820. The number of benzene rings is 1. The van der Waals surface area contributed by atoms with Gasteiger partial charge in [-0.05, 0) is 68.2 Å². The van der Waals surface area contributed by atoms with Gasteiger partial charge in [-0.2, -0.15) is 0 Å². The molecule has 1 saturated heterocycles. The summed E-state index contributed by atoms with van der Waals surface area (Å²) in [6.07, 6.45) is 9.40. The lowest BCUT2D eigenvalue weighted by Gasteiger charge is -2.22. The maximum atomic E-state index is 5.75. The Morgan fingerprint density at radius 3 is 2.95 bits per heavy atom. The zero-order valence-corrected chi connectivity index (χ0v) is 11.8. The average molecular weight is 259 g/mol. The Morgan fingerprint density at radius 1 is 1.11 bits per heavy atom. The predicted octanol–water partition coefficient (Wildman–Crippen LogP) is 3.22. The summed E-state index contributed by atoms with van der Waals surface area (Å²) < 4.78 is 5.75. The van der Waals surface area contributed by atoms with E-state index in [1.54, 1.807) is 11.1 Å². The van der Waals surface area contributed by atoms with Crippen LogP contribution in [0.1, 0.15) is 48.8 Å². The van der Waals surface area contributed by atoms with Crippen LogP contribution in [-0.2, 0) is 24.1 Å². The second kappa shape index (κ2) is 6.53. The summed E-state index contributed by atoms with van der Waals surface area (Å²) in [5.74, 6) is 0. The van der Waals surface area contributed by atoms with E-state index in [9.17, 15) is 0 Å². The van der Waals surface area contributed by atoms with Crippen LogP contribution in [0.2, 0.25) is 0 Å². The molecule has 3 rings (SSSR count). The molecule has 1 aliphatic carbocycles. The van der Waals surface area contributed by atoms with Gasteiger partial charge in [-0.1, -0.05) is 18.2 Å². The Balaban J connectivity index is 1.40. The lowest BCUT2D eigenvalue weighted by Crippen LogP contribution is -2.25. The lowest BCUT2D eigenvalue weighted by molar-refractivity contribution is 0.0115. The van der Waals surface area contributed by atoms with E-state index >= 15 is 0 Å². The number of aryl methyl sites for hydroxylation is 2. The molecule has 1 atom stereocenters. The molecule has 0 radical (unpaired) electrons. The minimum atomic E-state index is 0.501. The van der Waals surface area contributed by atoms with Gasteiger partial charge in [0, 0.05) is 13.2 Å². The Morgan fingerprint density at radius 2 is 2.05 bits per heavy atom. The van der Waals surface area contributed by atoms with Crippen LogP contribution in [0.3, 0.4) is 0 Å². The maximum Gasteiger partial charge on any atom is 0.0587 e. The minimum absolute atomic E-state index is 0.501. The third-order valence-electron chi connectivity index (χ3n) is 4.41. The molecule has 0 aromatic heterocycles. The molecule has 0 spiro atoms. The highest BCUT2D eigenvalue weighted by atomic mass is 16.5. The SMILES string of the molecule is c1cc2c(cc1CNCCC1CCCCO1)CCC2. The van der Waals surface area contributed by atoms with E-state index in [4.69, 9.17) is 4.74 Å². The first kappa shape index (κ1) is 13.1. The summed E-state index contributed by atoms with van der Waals surface area (Å²) >= 11 is 0. The summed E-state index contributed by atoms with van der Waals surface area (Å²) in [6.45, 7) is 3.04. The normalized spacial score (nSPS) is 22.4. The Bertz CT molecular complexity index is 410. The molecule has 19 heavy (non-hydrogen) atoms. The van der Waals surface area contributed by atoms with Gasteiger partial charge < -0.3 is 10.1 Å². The fourth-order valence-corrected chi connectivity index (χ4v) is 3.27. The molecular weight excluding hydrogens is 234 g/mol. The monoisotopic (exact) mass is 259 g/mol. The molecule has 0 saturated carbocycles. The molecule has 1 aliphatic heterocycles. The highest BCUT2D eigenvalue weighted by Crippen LogP contribution is 2.22. The van der Waals surface area contributed by atoms with Gasteiger partial charge in [0.15, 0.2) is 0 Å². The van der Waals surface area contributed by atoms with Crippen molar-refractivity contribution in [2.24, 2.45) is 0 Å². The van der Waals surface area contributed by atoms with Gasteiger partial charge in [0.1, 0.15) is 0 Å². The van der Waals surface area contributed by atoms with Crippen molar-refractivity contribution in [2.75, 3.05) is 13.2 Å². The van der Waals surface area contributed by atoms with Gasteiger partial charge in [0.25, 0.3) is 0 Å². The molecule has 1 N–H and O–H groups in total. The summed E-state index contributed by atoms with van der Waals surface area (Å²) in [6, 6.07) is 7.00. The molecule has 1 unspecified atom stereocenters. The van der Waals surface area contributed by atoms with Crippen LogP contribution >= 0.6 is 0 Å². The van der Waals surface area contributed by atoms with Crippen molar-refractivity contribution in [2.45, 2.75) is 57.6 Å². The predicted molar refractivity (Wildman–Crippen MR) is 78.4 cm³/mol. The van der Waals surface area contributed by atoms with Crippen LogP contribution in [0.25, 0.3) is 0 Å². The lowest BCUT2D eigenvalue weighted by atomic mass is 10.1. The van der Waals surface area contributed by atoms with E-state index in [2.05, 4.69) is 23.5 Å². The van der Waals surface area contributed by atoms with E-state index in [0.29, 0.717) is 6.10 Å². The molecule has 104 valence electrons. The zero-order chi connectivity index (χ0) is 12.9. The van der Waals surface area contributed by atoms with E-state index < -0.39 is 0 Å². The van der Waals surface area contributed by atoms with E-state index in [1.807, 2.05) is 0 Å². The number of rotatable bonds is 5. The van der Waals surface area contributed by atoms with Crippen molar-refractivity contribution in [3.8, 4) is 0 Å². The minimum Gasteiger partial charge on any atom is -0.378 e. The largest absolute Gasteiger partial charge is 0.378 e. The van der Waals surface area contributed by atoms with Crippen molar-refractivity contribution in [3.05, 3.63) is 34.9 Å². The first-order chi connectivity index (χ1) is 9.42. The molecule has 1 aromatic rings. The maximum absolute atomic E-state index is 5.75. The molecule has 0 bridgehead atoms. The van der Waals surface area contributed by atoms with Gasteiger partial charge in [0.2, 0.25) is 0 Å². The molecule has 2 nitrogen and oxygen atoms in total. The van der Waals surface area contributed by atoms with E-state index in [0.717, 1.165) is 26.1 Å². The second-order valence-electron chi connectivity index (χ2n) is 5.91. The topological polar surface area (TPSA) is 21.3 Å². The van der Waals surface area contributed by atoms with Gasteiger partial charge in [-0.15, -0.1) is 0 Å². The summed E-state index contributed by atoms with van der Waals surface area (Å²) in [4.78, 5) is 0. The third kappa shape index (κ3) is 3.58. The Hall–Kier alpha value is -0.860. The van der Waals surface area contributed by atoms with Crippen LogP contribution < -0.4 is 5.32 Å². The van der Waals surface area contributed by atoms with E-state index in [-0.39, 0.29) is 0 Å². The number of ether oxygens (including phenoxy) is 1. The fraction of sp³-hybridized carbons (Fsp3) is 0.647. The number of nitrogens with one attached hydrogen (secondary N) is 1. The van der Waals surface area contributed by atoms with Gasteiger partial charge >= 0.3 is 0 Å². The molecule has 1 fully saturated rings. The van der Waals surface area contributed by atoms with Crippen LogP contribution in [0.5, 0.6) is 0 Å². The van der Waals surface area contributed by atoms with E-state index in [1.165, 1.54) is 44.1 Å². The summed E-state index contributed by atoms with van der Waals surface area (Å²) in [5, 5.41) is 3.56. The number of fused-ring (bicyclic) bond motifs is 1. The summed E-state index contributed by atoms with van der Waals surface area (Å²) in [5.41, 5.74) is 4.58. The van der Waals surface area contributed by atoms with Gasteiger partial charge in [-0.25, -0.2) is 0 Å². The molecule has 0 amide bonds. The van der Waals surface area contributed by atoms with Gasteiger partial charge in [0.05, 0.1) is 6.10 Å². The fourth-order valence-electron chi connectivity index (χ4n) is 3.27. The first-order valence-electron chi connectivity index (χ1n) is 7.85. The van der Waals surface area contributed by atoms with Crippen molar-refractivity contribution < 1.29 is 4.74 Å². The third-order valence-corrected chi connectivity index (χ3v) is 4.41. The summed E-state index contributed by atoms with van der Waals surface area (Å²) in [7, 11) is 0. The molecule has 1 aromatic carbocycles. The van der Waals surface area contributed by atoms with Crippen molar-refractivity contribution in [1.82, 2.24) is 5.32 Å². The van der Waals surface area contributed by atoms with Crippen LogP contribution in [0.4, 0.5) is 0 Å². The highest BCUT2D eigenvalue weighted by Gasteiger charge is 2.13. The Kier molecular flexibility index (Phi) is 4.52. The highest BCUT2D eigenvalue weighted by molar-refractivity contribution is 5.35. The first-order valence-corrected chi connectivity index (χ1v) is 7.85. The average Bonchev–Trinajstić information content (AvgIpc) is 2.92. The zero-order valence-electron chi connectivity index (χ0n) is 11.8. The van der Waals surface area contributed by atoms with Crippen molar-refractivity contribution in [3.63, 3.8) is 0 Å². The Labute approximate surface area is 116 Å². The number of hydrogen-bond acceptors (Lipinski definition) is 2. The van der Waals surface area contributed by atoms with Crippen LogP contribution in [0.15, 0.2) is 18.2 Å². The molecule has 2 aliphatic rings.